The standard InChI is InChI=1S/C13H16N2S3/c1-8(12(14)16)7-17-13-9(2)18-11-6-4-3-5-10(11)15-13/h3-6,8-9H,7H2,1-2H3,(H2,14,16). The second-order valence-electron chi connectivity index (χ2n) is 4.29. The van der Waals surface area contributed by atoms with Crippen LogP contribution in [-0.2, 0) is 0 Å². The summed E-state index contributed by atoms with van der Waals surface area (Å²) in [7, 11) is 0. The van der Waals surface area contributed by atoms with E-state index in [0.717, 1.165) is 11.4 Å². The van der Waals surface area contributed by atoms with Gasteiger partial charge in [0.1, 0.15) is 0 Å². The third-order valence-electron chi connectivity index (χ3n) is 2.71. The Bertz CT molecular complexity index is 485. The van der Waals surface area contributed by atoms with Crippen LogP contribution in [0, 0.1) is 5.92 Å². The molecular formula is C13H16N2S3. The number of para-hydroxylation sites is 1. The lowest BCUT2D eigenvalue weighted by Gasteiger charge is -2.21. The molecule has 1 aromatic rings. The maximum atomic E-state index is 5.64. The molecule has 1 heterocycles. The van der Waals surface area contributed by atoms with Crippen LogP contribution >= 0.6 is 35.7 Å². The van der Waals surface area contributed by atoms with Crippen molar-refractivity contribution in [3.63, 3.8) is 0 Å². The molecule has 0 aliphatic carbocycles. The Morgan fingerprint density at radius 1 is 1.56 bits per heavy atom. The zero-order chi connectivity index (χ0) is 13.1. The van der Waals surface area contributed by atoms with Crippen LogP contribution in [0.4, 0.5) is 5.69 Å². The van der Waals surface area contributed by atoms with Crippen molar-refractivity contribution >= 4 is 51.5 Å². The quantitative estimate of drug-likeness (QED) is 0.859. The second kappa shape index (κ2) is 6.08. The third kappa shape index (κ3) is 3.28. The van der Waals surface area contributed by atoms with Gasteiger partial charge in [-0.15, -0.1) is 23.5 Å². The zero-order valence-electron chi connectivity index (χ0n) is 10.4. The van der Waals surface area contributed by atoms with Gasteiger partial charge in [-0.05, 0) is 19.1 Å². The summed E-state index contributed by atoms with van der Waals surface area (Å²) in [5.41, 5.74) is 6.71. The molecule has 2 nitrogen and oxygen atoms in total. The van der Waals surface area contributed by atoms with Crippen molar-refractivity contribution in [3.8, 4) is 0 Å². The van der Waals surface area contributed by atoms with Gasteiger partial charge < -0.3 is 5.73 Å². The highest BCUT2D eigenvalue weighted by molar-refractivity contribution is 8.16. The number of hydrogen-bond donors (Lipinski definition) is 1. The fraction of sp³-hybridized carbons (Fsp3) is 0.385. The SMILES string of the molecule is CC(CSC1=Nc2ccccc2SC1C)C(N)=S. The fourth-order valence-electron chi connectivity index (χ4n) is 1.54. The van der Waals surface area contributed by atoms with Gasteiger partial charge in [0.25, 0.3) is 0 Å². The van der Waals surface area contributed by atoms with E-state index in [1.54, 1.807) is 11.8 Å². The Labute approximate surface area is 122 Å². The van der Waals surface area contributed by atoms with Crippen molar-refractivity contribution in [1.29, 1.82) is 0 Å². The van der Waals surface area contributed by atoms with E-state index in [1.165, 1.54) is 9.94 Å². The van der Waals surface area contributed by atoms with Crippen LogP contribution in [0.5, 0.6) is 0 Å². The first-order valence-corrected chi connectivity index (χ1v) is 8.11. The van der Waals surface area contributed by atoms with Gasteiger partial charge in [-0.25, -0.2) is 4.99 Å². The minimum absolute atomic E-state index is 0.252. The molecule has 0 amide bonds. The molecule has 1 aliphatic heterocycles. The minimum Gasteiger partial charge on any atom is -0.393 e. The highest BCUT2D eigenvalue weighted by Crippen LogP contribution is 2.39. The van der Waals surface area contributed by atoms with Crippen molar-refractivity contribution in [2.45, 2.75) is 24.0 Å². The van der Waals surface area contributed by atoms with Gasteiger partial charge >= 0.3 is 0 Å². The molecule has 0 spiro atoms. The molecule has 5 heteroatoms. The van der Waals surface area contributed by atoms with E-state index in [2.05, 4.69) is 32.0 Å². The van der Waals surface area contributed by atoms with Crippen molar-refractivity contribution in [2.24, 2.45) is 16.6 Å². The molecule has 0 saturated carbocycles. The van der Waals surface area contributed by atoms with E-state index >= 15 is 0 Å². The van der Waals surface area contributed by atoms with Crippen molar-refractivity contribution in [2.75, 3.05) is 5.75 Å². The predicted molar refractivity (Wildman–Crippen MR) is 87.3 cm³/mol. The molecule has 96 valence electrons. The number of thioether (sulfide) groups is 2. The Morgan fingerprint density at radius 3 is 3.00 bits per heavy atom. The van der Waals surface area contributed by atoms with E-state index in [9.17, 15) is 0 Å². The van der Waals surface area contributed by atoms with Crippen LogP contribution in [0.2, 0.25) is 0 Å². The lowest BCUT2D eigenvalue weighted by atomic mass is 10.2. The topological polar surface area (TPSA) is 38.4 Å². The average molecular weight is 296 g/mol. The summed E-state index contributed by atoms with van der Waals surface area (Å²) in [6, 6.07) is 8.27. The molecule has 1 aromatic carbocycles. The van der Waals surface area contributed by atoms with Crippen molar-refractivity contribution < 1.29 is 0 Å². The number of nitrogens with two attached hydrogens (primary N) is 1. The summed E-state index contributed by atoms with van der Waals surface area (Å²) in [6.07, 6.45) is 0. The molecule has 1 aliphatic rings. The first kappa shape index (κ1) is 13.9. The van der Waals surface area contributed by atoms with Crippen molar-refractivity contribution in [1.82, 2.24) is 0 Å². The van der Waals surface area contributed by atoms with Crippen LogP contribution in [0.15, 0.2) is 34.2 Å². The van der Waals surface area contributed by atoms with E-state index in [1.807, 2.05) is 17.8 Å². The molecule has 0 aromatic heterocycles. The number of fused-ring (bicyclic) bond motifs is 1. The van der Waals surface area contributed by atoms with Gasteiger partial charge in [0.15, 0.2) is 0 Å². The maximum absolute atomic E-state index is 5.64. The summed E-state index contributed by atoms with van der Waals surface area (Å²) in [5.74, 6) is 1.16. The average Bonchev–Trinajstić information content (AvgIpc) is 2.35. The number of thiocarbonyl (C=S) groups is 1. The Hall–Kier alpha value is -0.520. The summed E-state index contributed by atoms with van der Waals surface area (Å²) in [6.45, 7) is 4.25. The van der Waals surface area contributed by atoms with Gasteiger partial charge in [-0.3, -0.25) is 0 Å². The number of benzene rings is 1. The van der Waals surface area contributed by atoms with Gasteiger partial charge in [-0.1, -0.05) is 31.3 Å². The molecule has 0 bridgehead atoms. The summed E-state index contributed by atoms with van der Waals surface area (Å²) in [5, 5.41) is 1.57. The molecule has 2 unspecified atom stereocenters. The number of rotatable bonds is 3. The Kier molecular flexibility index (Phi) is 4.70. The van der Waals surface area contributed by atoms with Crippen LogP contribution in [0.1, 0.15) is 13.8 Å². The monoisotopic (exact) mass is 296 g/mol. The first-order valence-electron chi connectivity index (χ1n) is 5.84. The largest absolute Gasteiger partial charge is 0.393 e. The molecule has 2 atom stereocenters. The van der Waals surface area contributed by atoms with Gasteiger partial charge in [0.05, 0.1) is 21.0 Å². The molecule has 0 fully saturated rings. The molecule has 0 saturated heterocycles. The number of aliphatic imine (C=N–C) groups is 1. The summed E-state index contributed by atoms with van der Waals surface area (Å²) < 4.78 is 0. The molecule has 18 heavy (non-hydrogen) atoms. The molecular weight excluding hydrogens is 280 g/mol. The fourth-order valence-corrected chi connectivity index (χ4v) is 4.00. The van der Waals surface area contributed by atoms with Crippen LogP contribution < -0.4 is 5.73 Å². The van der Waals surface area contributed by atoms with E-state index in [0.29, 0.717) is 10.2 Å². The van der Waals surface area contributed by atoms with Crippen LogP contribution in [-0.4, -0.2) is 21.0 Å². The third-order valence-corrected chi connectivity index (χ3v) is 5.85. The smallest absolute Gasteiger partial charge is 0.0870 e. The van der Waals surface area contributed by atoms with Crippen LogP contribution in [0.3, 0.4) is 0 Å². The molecule has 2 N–H and O–H groups in total. The van der Waals surface area contributed by atoms with E-state index in [-0.39, 0.29) is 5.92 Å². The summed E-state index contributed by atoms with van der Waals surface area (Å²) in [4.78, 5) is 6.58. The predicted octanol–water partition coefficient (Wildman–Crippen LogP) is 3.87. The van der Waals surface area contributed by atoms with Gasteiger partial charge in [0, 0.05) is 16.6 Å². The normalized spacial score (nSPS) is 19.9. The Morgan fingerprint density at radius 2 is 2.28 bits per heavy atom. The molecule has 0 radical (unpaired) electrons. The minimum atomic E-state index is 0.252. The van der Waals surface area contributed by atoms with Gasteiger partial charge in [-0.2, -0.15) is 0 Å². The number of hydrogen-bond acceptors (Lipinski definition) is 4. The first-order chi connectivity index (χ1) is 8.58. The van der Waals surface area contributed by atoms with Crippen LogP contribution in [0.25, 0.3) is 0 Å². The molecule has 2 rings (SSSR count). The van der Waals surface area contributed by atoms with E-state index in [4.69, 9.17) is 22.9 Å². The zero-order valence-corrected chi connectivity index (χ0v) is 12.9. The lowest BCUT2D eigenvalue weighted by Crippen LogP contribution is -2.22. The highest BCUT2D eigenvalue weighted by Gasteiger charge is 2.21. The number of nitrogens with zero attached hydrogens (tertiary/aromatic N) is 1. The van der Waals surface area contributed by atoms with E-state index < -0.39 is 0 Å². The Balaban J connectivity index is 2.09. The highest BCUT2D eigenvalue weighted by atomic mass is 32.2. The lowest BCUT2D eigenvalue weighted by molar-refractivity contribution is 0.909. The van der Waals surface area contributed by atoms with Crippen molar-refractivity contribution in [3.05, 3.63) is 24.3 Å². The second-order valence-corrected chi connectivity index (χ2v) is 7.19. The van der Waals surface area contributed by atoms with Gasteiger partial charge in [0.2, 0.25) is 0 Å². The summed E-state index contributed by atoms with van der Waals surface area (Å²) >= 11 is 8.63. The maximum Gasteiger partial charge on any atom is 0.0870 e.